The molecule has 0 aliphatic carbocycles. The Bertz CT molecular complexity index is 315. The SMILES string of the molecule is C1=Cc2ccccc2OC=N1. The van der Waals surface area contributed by atoms with E-state index in [1.807, 2.05) is 30.3 Å². The average Bonchev–Trinajstić information content (AvgIpc) is 2.28. The molecule has 11 heavy (non-hydrogen) atoms. The van der Waals surface area contributed by atoms with Crippen molar-refractivity contribution in [3.05, 3.63) is 36.0 Å². The van der Waals surface area contributed by atoms with E-state index in [1.165, 1.54) is 6.40 Å². The van der Waals surface area contributed by atoms with Gasteiger partial charge in [-0.1, -0.05) is 18.2 Å². The van der Waals surface area contributed by atoms with Crippen LogP contribution in [0, 0.1) is 0 Å². The molecule has 2 nitrogen and oxygen atoms in total. The molecule has 0 saturated carbocycles. The van der Waals surface area contributed by atoms with Gasteiger partial charge in [0.15, 0.2) is 6.40 Å². The summed E-state index contributed by atoms with van der Waals surface area (Å²) in [4.78, 5) is 3.86. The van der Waals surface area contributed by atoms with Gasteiger partial charge in [0.1, 0.15) is 5.75 Å². The fourth-order valence-corrected chi connectivity index (χ4v) is 0.971. The predicted octanol–water partition coefficient (Wildman–Crippen LogP) is 2.08. The maximum Gasteiger partial charge on any atom is 0.181 e. The Balaban J connectivity index is 2.52. The number of rotatable bonds is 0. The summed E-state index contributed by atoms with van der Waals surface area (Å²) in [5, 5.41) is 0. The zero-order valence-corrected chi connectivity index (χ0v) is 5.90. The van der Waals surface area contributed by atoms with Gasteiger partial charge in [0.25, 0.3) is 0 Å². The summed E-state index contributed by atoms with van der Waals surface area (Å²) in [5.74, 6) is 0.852. The van der Waals surface area contributed by atoms with Gasteiger partial charge >= 0.3 is 0 Å². The number of nitrogens with zero attached hydrogens (tertiary/aromatic N) is 1. The number of aliphatic imine (C=N–C) groups is 1. The summed E-state index contributed by atoms with van der Waals surface area (Å²) in [5.41, 5.74) is 1.06. The van der Waals surface area contributed by atoms with E-state index in [0.717, 1.165) is 11.3 Å². The van der Waals surface area contributed by atoms with Crippen LogP contribution in [0.5, 0.6) is 5.75 Å². The molecule has 1 aromatic carbocycles. The molecule has 0 radical (unpaired) electrons. The van der Waals surface area contributed by atoms with E-state index in [-0.39, 0.29) is 0 Å². The van der Waals surface area contributed by atoms with E-state index in [1.54, 1.807) is 6.20 Å². The first kappa shape index (κ1) is 6.16. The Morgan fingerprint density at radius 3 is 3.09 bits per heavy atom. The van der Waals surface area contributed by atoms with Crippen LogP contribution in [-0.4, -0.2) is 6.40 Å². The lowest BCUT2D eigenvalue weighted by Gasteiger charge is -1.99. The van der Waals surface area contributed by atoms with Crippen LogP contribution in [0.2, 0.25) is 0 Å². The van der Waals surface area contributed by atoms with Crippen LogP contribution in [0.4, 0.5) is 0 Å². The van der Waals surface area contributed by atoms with Crippen LogP contribution >= 0.6 is 0 Å². The quantitative estimate of drug-likeness (QED) is 0.547. The molecule has 0 spiro atoms. The summed E-state index contributed by atoms with van der Waals surface area (Å²) in [6.45, 7) is 0. The molecular formula is C9H7NO. The molecule has 0 atom stereocenters. The van der Waals surface area contributed by atoms with Crippen molar-refractivity contribution in [2.45, 2.75) is 0 Å². The van der Waals surface area contributed by atoms with Crippen LogP contribution in [0.15, 0.2) is 35.5 Å². The molecule has 54 valence electrons. The normalized spacial score (nSPS) is 13.5. The lowest BCUT2D eigenvalue weighted by Crippen LogP contribution is -1.88. The zero-order valence-electron chi connectivity index (χ0n) is 5.90. The summed E-state index contributed by atoms with van der Waals surface area (Å²) in [6.07, 6.45) is 5.06. The first-order chi connectivity index (χ1) is 5.47. The number of fused-ring (bicyclic) bond motifs is 1. The fourth-order valence-electron chi connectivity index (χ4n) is 0.971. The average molecular weight is 145 g/mol. The Hall–Kier alpha value is -1.57. The molecule has 1 aliphatic heterocycles. The van der Waals surface area contributed by atoms with Crippen LogP contribution in [0.1, 0.15) is 5.56 Å². The Kier molecular flexibility index (Phi) is 1.44. The van der Waals surface area contributed by atoms with Gasteiger partial charge in [0.05, 0.1) is 0 Å². The highest BCUT2D eigenvalue weighted by Gasteiger charge is 1.98. The van der Waals surface area contributed by atoms with Crippen molar-refractivity contribution in [1.29, 1.82) is 0 Å². The lowest BCUT2D eigenvalue weighted by molar-refractivity contribution is 0.574. The highest BCUT2D eigenvalue weighted by atomic mass is 16.5. The number of ether oxygens (including phenoxy) is 1. The van der Waals surface area contributed by atoms with Crippen LogP contribution in [0.3, 0.4) is 0 Å². The molecule has 2 rings (SSSR count). The minimum atomic E-state index is 0.852. The summed E-state index contributed by atoms with van der Waals surface area (Å²) in [7, 11) is 0. The standard InChI is InChI=1S/C9H7NO/c1-2-4-9-8(3-1)5-6-10-7-11-9/h1-7H. The van der Waals surface area contributed by atoms with Crippen molar-refractivity contribution in [2.75, 3.05) is 0 Å². The molecule has 1 aromatic rings. The van der Waals surface area contributed by atoms with Crippen molar-refractivity contribution >= 4 is 12.5 Å². The zero-order chi connectivity index (χ0) is 7.52. The van der Waals surface area contributed by atoms with Crippen LogP contribution < -0.4 is 4.74 Å². The Morgan fingerprint density at radius 1 is 1.18 bits per heavy atom. The van der Waals surface area contributed by atoms with Gasteiger partial charge in [0.2, 0.25) is 0 Å². The monoisotopic (exact) mass is 145 g/mol. The maximum atomic E-state index is 5.19. The van der Waals surface area contributed by atoms with Gasteiger partial charge < -0.3 is 4.74 Å². The minimum absolute atomic E-state index is 0.852. The molecule has 0 aromatic heterocycles. The number of hydrogen-bond acceptors (Lipinski definition) is 2. The van der Waals surface area contributed by atoms with E-state index < -0.39 is 0 Å². The molecule has 0 fully saturated rings. The van der Waals surface area contributed by atoms with Gasteiger partial charge in [-0.3, -0.25) is 0 Å². The Morgan fingerprint density at radius 2 is 2.09 bits per heavy atom. The number of para-hydroxylation sites is 1. The van der Waals surface area contributed by atoms with E-state index in [9.17, 15) is 0 Å². The first-order valence-electron chi connectivity index (χ1n) is 3.41. The molecule has 0 unspecified atom stereocenters. The second-order valence-electron chi connectivity index (χ2n) is 2.23. The lowest BCUT2D eigenvalue weighted by atomic mass is 10.2. The van der Waals surface area contributed by atoms with E-state index >= 15 is 0 Å². The van der Waals surface area contributed by atoms with Crippen molar-refractivity contribution in [2.24, 2.45) is 4.99 Å². The van der Waals surface area contributed by atoms with Crippen LogP contribution in [-0.2, 0) is 0 Å². The molecule has 0 N–H and O–H groups in total. The summed E-state index contributed by atoms with van der Waals surface area (Å²) in [6, 6.07) is 7.81. The summed E-state index contributed by atoms with van der Waals surface area (Å²) < 4.78 is 5.19. The number of hydrogen-bond donors (Lipinski definition) is 0. The second kappa shape index (κ2) is 2.58. The van der Waals surface area contributed by atoms with E-state index in [4.69, 9.17) is 4.74 Å². The van der Waals surface area contributed by atoms with Gasteiger partial charge in [-0.05, 0) is 12.1 Å². The molecule has 0 amide bonds. The number of benzene rings is 1. The van der Waals surface area contributed by atoms with Gasteiger partial charge in [0, 0.05) is 11.8 Å². The predicted molar refractivity (Wildman–Crippen MR) is 44.6 cm³/mol. The highest BCUT2D eigenvalue weighted by Crippen LogP contribution is 2.19. The van der Waals surface area contributed by atoms with Crippen molar-refractivity contribution in [1.82, 2.24) is 0 Å². The molecule has 0 bridgehead atoms. The topological polar surface area (TPSA) is 21.6 Å². The summed E-state index contributed by atoms with van der Waals surface area (Å²) >= 11 is 0. The smallest absolute Gasteiger partial charge is 0.181 e. The molecule has 1 heterocycles. The molecule has 1 aliphatic rings. The van der Waals surface area contributed by atoms with Gasteiger partial charge in [-0.25, -0.2) is 4.99 Å². The third-order valence-electron chi connectivity index (χ3n) is 1.50. The van der Waals surface area contributed by atoms with Gasteiger partial charge in [-0.2, -0.15) is 0 Å². The van der Waals surface area contributed by atoms with Gasteiger partial charge in [-0.15, -0.1) is 0 Å². The minimum Gasteiger partial charge on any atom is -0.445 e. The second-order valence-corrected chi connectivity index (χ2v) is 2.23. The van der Waals surface area contributed by atoms with Crippen LogP contribution in [0.25, 0.3) is 6.08 Å². The van der Waals surface area contributed by atoms with E-state index in [0.29, 0.717) is 0 Å². The van der Waals surface area contributed by atoms with Crippen molar-refractivity contribution < 1.29 is 4.74 Å². The molecule has 0 saturated heterocycles. The first-order valence-corrected chi connectivity index (χ1v) is 3.41. The highest BCUT2D eigenvalue weighted by molar-refractivity contribution is 5.65. The third-order valence-corrected chi connectivity index (χ3v) is 1.50. The molecule has 2 heteroatoms. The fraction of sp³-hybridized carbons (Fsp3) is 0. The largest absolute Gasteiger partial charge is 0.445 e. The van der Waals surface area contributed by atoms with Crippen molar-refractivity contribution in [3.63, 3.8) is 0 Å². The third kappa shape index (κ3) is 1.15. The van der Waals surface area contributed by atoms with Crippen molar-refractivity contribution in [3.8, 4) is 5.75 Å². The Labute approximate surface area is 64.8 Å². The maximum absolute atomic E-state index is 5.19. The van der Waals surface area contributed by atoms with E-state index in [2.05, 4.69) is 4.99 Å². The molecular weight excluding hydrogens is 138 g/mol.